The average Bonchev–Trinajstić information content (AvgIpc) is 2.97. The van der Waals surface area contributed by atoms with Crippen LogP contribution in [0, 0.1) is 6.92 Å². The van der Waals surface area contributed by atoms with Gasteiger partial charge < -0.3 is 0 Å². The molecule has 25 heavy (non-hydrogen) atoms. The predicted molar refractivity (Wildman–Crippen MR) is 99.1 cm³/mol. The fraction of sp³-hybridized carbons (Fsp3) is 0.211. The SMILES string of the molecule is CCc1ccccc1NS(=O)(=O)c1cn(Cc2ccccc2)nc1C. The normalized spacial score (nSPS) is 11.4. The van der Waals surface area contributed by atoms with Crippen molar-refractivity contribution in [1.82, 2.24) is 9.78 Å². The summed E-state index contributed by atoms with van der Waals surface area (Å²) in [5.74, 6) is 0. The Bertz CT molecular complexity index is 963. The molecule has 0 fully saturated rings. The van der Waals surface area contributed by atoms with Crippen LogP contribution in [0.4, 0.5) is 5.69 Å². The zero-order chi connectivity index (χ0) is 17.9. The van der Waals surface area contributed by atoms with E-state index in [-0.39, 0.29) is 4.90 Å². The van der Waals surface area contributed by atoms with Gasteiger partial charge >= 0.3 is 0 Å². The Morgan fingerprint density at radius 2 is 1.72 bits per heavy atom. The molecular weight excluding hydrogens is 334 g/mol. The van der Waals surface area contributed by atoms with Crippen LogP contribution in [0.5, 0.6) is 0 Å². The second-order valence-corrected chi connectivity index (χ2v) is 7.53. The second kappa shape index (κ2) is 7.11. The molecule has 0 aliphatic carbocycles. The van der Waals surface area contributed by atoms with Crippen molar-refractivity contribution in [2.45, 2.75) is 31.7 Å². The molecular formula is C19H21N3O2S. The summed E-state index contributed by atoms with van der Waals surface area (Å²) in [6.45, 7) is 4.24. The molecule has 5 nitrogen and oxygen atoms in total. The van der Waals surface area contributed by atoms with Crippen molar-refractivity contribution in [2.24, 2.45) is 0 Å². The van der Waals surface area contributed by atoms with Crippen LogP contribution in [-0.2, 0) is 23.0 Å². The number of hydrogen-bond donors (Lipinski definition) is 1. The number of rotatable bonds is 6. The van der Waals surface area contributed by atoms with Crippen molar-refractivity contribution >= 4 is 15.7 Å². The van der Waals surface area contributed by atoms with Crippen LogP contribution in [0.15, 0.2) is 65.7 Å². The number of benzene rings is 2. The Morgan fingerprint density at radius 1 is 1.04 bits per heavy atom. The average molecular weight is 355 g/mol. The van der Waals surface area contributed by atoms with E-state index in [1.54, 1.807) is 23.9 Å². The molecule has 1 aromatic heterocycles. The lowest BCUT2D eigenvalue weighted by Crippen LogP contribution is -2.14. The van der Waals surface area contributed by atoms with Gasteiger partial charge in [-0.15, -0.1) is 0 Å². The standard InChI is InChI=1S/C19H21N3O2S/c1-3-17-11-7-8-12-18(17)21-25(23,24)19-14-22(20-15(19)2)13-16-9-5-4-6-10-16/h4-12,14,21H,3,13H2,1-2H3. The highest BCUT2D eigenvalue weighted by atomic mass is 32.2. The van der Waals surface area contributed by atoms with Crippen LogP contribution in [0.2, 0.25) is 0 Å². The van der Waals surface area contributed by atoms with Crippen molar-refractivity contribution in [3.63, 3.8) is 0 Å². The van der Waals surface area contributed by atoms with E-state index in [9.17, 15) is 8.42 Å². The first-order chi connectivity index (χ1) is 12.0. The van der Waals surface area contributed by atoms with Crippen LogP contribution >= 0.6 is 0 Å². The van der Waals surface area contributed by atoms with Crippen LogP contribution < -0.4 is 4.72 Å². The summed E-state index contributed by atoms with van der Waals surface area (Å²) in [5, 5.41) is 4.35. The highest BCUT2D eigenvalue weighted by molar-refractivity contribution is 7.92. The molecule has 0 aliphatic rings. The van der Waals surface area contributed by atoms with E-state index in [1.165, 1.54) is 0 Å². The van der Waals surface area contributed by atoms with Gasteiger partial charge in [-0.1, -0.05) is 55.5 Å². The van der Waals surface area contributed by atoms with Gasteiger partial charge in [-0.05, 0) is 30.5 Å². The molecule has 2 aromatic carbocycles. The van der Waals surface area contributed by atoms with E-state index in [2.05, 4.69) is 9.82 Å². The van der Waals surface area contributed by atoms with Gasteiger partial charge in [0.2, 0.25) is 0 Å². The lowest BCUT2D eigenvalue weighted by molar-refractivity contribution is 0.600. The topological polar surface area (TPSA) is 64.0 Å². The molecule has 1 heterocycles. The number of anilines is 1. The summed E-state index contributed by atoms with van der Waals surface area (Å²) in [6.07, 6.45) is 2.34. The minimum absolute atomic E-state index is 0.203. The summed E-state index contributed by atoms with van der Waals surface area (Å²) >= 11 is 0. The molecule has 3 rings (SSSR count). The molecule has 0 amide bonds. The van der Waals surface area contributed by atoms with Crippen molar-refractivity contribution in [2.75, 3.05) is 4.72 Å². The Kier molecular flexibility index (Phi) is 4.90. The third-order valence-corrected chi connectivity index (χ3v) is 5.49. The maximum atomic E-state index is 12.8. The largest absolute Gasteiger partial charge is 0.279 e. The van der Waals surface area contributed by atoms with Crippen LogP contribution in [0.25, 0.3) is 0 Å². The summed E-state index contributed by atoms with van der Waals surface area (Å²) in [6, 6.07) is 17.2. The quantitative estimate of drug-likeness (QED) is 0.735. The van der Waals surface area contributed by atoms with Crippen molar-refractivity contribution < 1.29 is 8.42 Å². The molecule has 0 aliphatic heterocycles. The van der Waals surface area contributed by atoms with Gasteiger partial charge in [0.05, 0.1) is 17.9 Å². The number of hydrogen-bond acceptors (Lipinski definition) is 3. The van der Waals surface area contributed by atoms with E-state index >= 15 is 0 Å². The molecule has 0 unspecified atom stereocenters. The minimum Gasteiger partial charge on any atom is -0.279 e. The van der Waals surface area contributed by atoms with Crippen molar-refractivity contribution in [1.29, 1.82) is 0 Å². The Morgan fingerprint density at radius 3 is 2.44 bits per heavy atom. The summed E-state index contributed by atoms with van der Waals surface area (Å²) < 4.78 is 29.9. The zero-order valence-electron chi connectivity index (χ0n) is 14.3. The maximum Gasteiger partial charge on any atom is 0.265 e. The van der Waals surface area contributed by atoms with Crippen LogP contribution in [-0.4, -0.2) is 18.2 Å². The molecule has 0 bridgehead atoms. The fourth-order valence-corrected chi connectivity index (χ4v) is 4.03. The predicted octanol–water partition coefficient (Wildman–Crippen LogP) is 3.60. The number of aryl methyl sites for hydroxylation is 2. The molecule has 0 spiro atoms. The first-order valence-electron chi connectivity index (χ1n) is 8.18. The first-order valence-corrected chi connectivity index (χ1v) is 9.66. The monoisotopic (exact) mass is 355 g/mol. The molecule has 0 saturated heterocycles. The van der Waals surface area contributed by atoms with Gasteiger partial charge in [0.1, 0.15) is 4.90 Å². The summed E-state index contributed by atoms with van der Waals surface area (Å²) in [5.41, 5.74) is 3.12. The number of nitrogens with zero attached hydrogens (tertiary/aromatic N) is 2. The lowest BCUT2D eigenvalue weighted by atomic mass is 10.1. The van der Waals surface area contributed by atoms with Gasteiger partial charge in [0, 0.05) is 6.20 Å². The van der Waals surface area contributed by atoms with Crippen LogP contribution in [0.1, 0.15) is 23.7 Å². The first kappa shape index (κ1) is 17.2. The highest BCUT2D eigenvalue weighted by Crippen LogP contribution is 2.22. The molecule has 130 valence electrons. The van der Waals surface area contributed by atoms with Crippen molar-refractivity contribution in [3.8, 4) is 0 Å². The van der Waals surface area contributed by atoms with E-state index < -0.39 is 10.0 Å². The van der Waals surface area contributed by atoms with Gasteiger partial charge in [0.15, 0.2) is 0 Å². The zero-order valence-corrected chi connectivity index (χ0v) is 15.1. The van der Waals surface area contributed by atoms with Crippen molar-refractivity contribution in [3.05, 3.63) is 77.6 Å². The highest BCUT2D eigenvalue weighted by Gasteiger charge is 2.21. The van der Waals surface area contributed by atoms with E-state index in [0.29, 0.717) is 17.9 Å². The number of para-hydroxylation sites is 1. The molecule has 0 saturated carbocycles. The number of aromatic nitrogens is 2. The van der Waals surface area contributed by atoms with Gasteiger partial charge in [0.25, 0.3) is 10.0 Å². The number of sulfonamides is 1. The lowest BCUT2D eigenvalue weighted by Gasteiger charge is -2.10. The smallest absolute Gasteiger partial charge is 0.265 e. The van der Waals surface area contributed by atoms with Gasteiger partial charge in [-0.2, -0.15) is 5.10 Å². The molecule has 3 aromatic rings. The van der Waals surface area contributed by atoms with Crippen LogP contribution in [0.3, 0.4) is 0 Å². The third kappa shape index (κ3) is 3.91. The molecule has 0 radical (unpaired) electrons. The Balaban J connectivity index is 1.87. The van der Waals surface area contributed by atoms with E-state index in [1.807, 2.05) is 55.5 Å². The van der Waals surface area contributed by atoms with E-state index in [4.69, 9.17) is 0 Å². The summed E-state index contributed by atoms with van der Waals surface area (Å²) in [7, 11) is -3.68. The molecule has 1 N–H and O–H groups in total. The second-order valence-electron chi connectivity index (χ2n) is 5.88. The van der Waals surface area contributed by atoms with Gasteiger partial charge in [-0.25, -0.2) is 8.42 Å². The fourth-order valence-electron chi connectivity index (χ4n) is 2.74. The Labute approximate surface area is 148 Å². The van der Waals surface area contributed by atoms with E-state index in [0.717, 1.165) is 17.5 Å². The maximum absolute atomic E-state index is 12.8. The Hall–Kier alpha value is -2.60. The molecule has 0 atom stereocenters. The summed E-state index contributed by atoms with van der Waals surface area (Å²) in [4.78, 5) is 0.203. The van der Waals surface area contributed by atoms with Gasteiger partial charge in [-0.3, -0.25) is 9.40 Å². The molecule has 6 heteroatoms. The minimum atomic E-state index is -3.68. The number of nitrogens with one attached hydrogen (secondary N) is 1. The third-order valence-electron chi connectivity index (χ3n) is 4.02.